The Bertz CT molecular complexity index is 938. The number of nitrogens with one attached hydrogen (secondary N) is 1. The van der Waals surface area contributed by atoms with Gasteiger partial charge in [0.1, 0.15) is 22.9 Å². The summed E-state index contributed by atoms with van der Waals surface area (Å²) in [6, 6.07) is 6.74. The maximum absolute atomic E-state index is 14.8. The molecule has 0 aliphatic carbocycles. The van der Waals surface area contributed by atoms with Gasteiger partial charge in [-0.3, -0.25) is 4.79 Å². The number of aliphatic imine (C=N–C) groups is 1. The largest absolute Gasteiger partial charge is 0.379 e. The van der Waals surface area contributed by atoms with Crippen LogP contribution in [0.15, 0.2) is 41.5 Å². The maximum atomic E-state index is 14.8. The van der Waals surface area contributed by atoms with Gasteiger partial charge in [0, 0.05) is 29.5 Å². The predicted octanol–water partition coefficient (Wildman–Crippen LogP) is 2.91. The number of nitrogens with two attached hydrogens (primary N) is 1. The molecular formula is C19H18F2N4O2S. The zero-order valence-electron chi connectivity index (χ0n) is 14.8. The van der Waals surface area contributed by atoms with Crippen molar-refractivity contribution in [3.05, 3.63) is 59.4 Å². The Morgan fingerprint density at radius 1 is 1.32 bits per heavy atom. The first-order valence-corrected chi connectivity index (χ1v) is 9.75. The van der Waals surface area contributed by atoms with E-state index in [0.717, 1.165) is 24.4 Å². The highest BCUT2D eigenvalue weighted by molar-refractivity contribution is 8.13. The van der Waals surface area contributed by atoms with Crippen LogP contribution in [0.1, 0.15) is 22.5 Å². The van der Waals surface area contributed by atoms with E-state index in [9.17, 15) is 13.6 Å². The van der Waals surface area contributed by atoms with Crippen molar-refractivity contribution in [1.29, 1.82) is 0 Å². The second kappa shape index (κ2) is 7.48. The molecule has 6 nitrogen and oxygen atoms in total. The minimum atomic E-state index is -0.910. The molecule has 1 aromatic carbocycles. The van der Waals surface area contributed by atoms with Crippen LogP contribution in [0.5, 0.6) is 0 Å². The number of rotatable bonds is 3. The molecule has 4 rings (SSSR count). The third-order valence-electron chi connectivity index (χ3n) is 5.00. The lowest BCUT2D eigenvalue weighted by molar-refractivity contribution is 0.00304. The third-order valence-corrected chi connectivity index (χ3v) is 5.96. The van der Waals surface area contributed by atoms with Crippen LogP contribution in [-0.4, -0.2) is 35.0 Å². The van der Waals surface area contributed by atoms with Gasteiger partial charge in [-0.05, 0) is 36.8 Å². The maximum Gasteiger partial charge on any atom is 0.274 e. The van der Waals surface area contributed by atoms with Gasteiger partial charge in [0.15, 0.2) is 5.17 Å². The number of aromatic nitrogens is 1. The van der Waals surface area contributed by atoms with Crippen LogP contribution in [0.4, 0.5) is 14.5 Å². The van der Waals surface area contributed by atoms with Gasteiger partial charge >= 0.3 is 0 Å². The summed E-state index contributed by atoms with van der Waals surface area (Å²) in [5.74, 6) is -0.675. The Hall–Kier alpha value is -2.52. The number of hydrogen-bond donors (Lipinski definition) is 2. The number of fused-ring (bicyclic) bond motifs is 1. The summed E-state index contributed by atoms with van der Waals surface area (Å²) in [7, 11) is 0. The number of carbonyl (C=O) groups is 1. The van der Waals surface area contributed by atoms with E-state index in [-0.39, 0.29) is 18.2 Å². The van der Waals surface area contributed by atoms with E-state index in [1.54, 1.807) is 6.07 Å². The summed E-state index contributed by atoms with van der Waals surface area (Å²) in [6.07, 6.45) is 1.71. The van der Waals surface area contributed by atoms with Crippen molar-refractivity contribution >= 4 is 28.5 Å². The molecule has 2 unspecified atom stereocenters. The first-order chi connectivity index (χ1) is 13.5. The number of hydrogen-bond acceptors (Lipinski definition) is 6. The molecule has 2 atom stereocenters. The van der Waals surface area contributed by atoms with Crippen LogP contribution in [0.3, 0.4) is 0 Å². The molecule has 28 heavy (non-hydrogen) atoms. The smallest absolute Gasteiger partial charge is 0.274 e. The summed E-state index contributed by atoms with van der Waals surface area (Å²) in [5, 5.41) is 3.07. The van der Waals surface area contributed by atoms with E-state index < -0.39 is 23.1 Å². The molecule has 1 saturated heterocycles. The van der Waals surface area contributed by atoms with E-state index in [4.69, 9.17) is 10.5 Å². The van der Waals surface area contributed by atoms with E-state index in [0.29, 0.717) is 23.0 Å². The molecule has 2 aliphatic rings. The highest BCUT2D eigenvalue weighted by atomic mass is 32.2. The monoisotopic (exact) mass is 404 g/mol. The quantitative estimate of drug-likeness (QED) is 0.821. The van der Waals surface area contributed by atoms with Crippen molar-refractivity contribution in [1.82, 2.24) is 4.98 Å². The number of amides is 1. The van der Waals surface area contributed by atoms with E-state index in [1.807, 2.05) is 0 Å². The van der Waals surface area contributed by atoms with Crippen molar-refractivity contribution in [3.8, 4) is 0 Å². The van der Waals surface area contributed by atoms with Crippen molar-refractivity contribution < 1.29 is 18.3 Å². The van der Waals surface area contributed by atoms with Crippen LogP contribution in [0.25, 0.3) is 0 Å². The fourth-order valence-electron chi connectivity index (χ4n) is 3.57. The van der Waals surface area contributed by atoms with E-state index >= 15 is 0 Å². The van der Waals surface area contributed by atoms with Crippen LogP contribution in [0.2, 0.25) is 0 Å². The molecule has 0 spiro atoms. The van der Waals surface area contributed by atoms with Crippen molar-refractivity contribution in [3.63, 3.8) is 0 Å². The highest BCUT2D eigenvalue weighted by Gasteiger charge is 2.47. The predicted molar refractivity (Wildman–Crippen MR) is 103 cm³/mol. The van der Waals surface area contributed by atoms with Crippen LogP contribution in [0, 0.1) is 17.6 Å². The minimum absolute atomic E-state index is 0.0562. The number of anilines is 1. The van der Waals surface area contributed by atoms with Crippen molar-refractivity contribution in [2.45, 2.75) is 12.0 Å². The van der Waals surface area contributed by atoms with Crippen LogP contribution in [-0.2, 0) is 10.3 Å². The molecular weight excluding hydrogens is 386 g/mol. The summed E-state index contributed by atoms with van der Waals surface area (Å²) in [4.78, 5) is 20.7. The van der Waals surface area contributed by atoms with Gasteiger partial charge < -0.3 is 15.8 Å². The highest BCUT2D eigenvalue weighted by Crippen LogP contribution is 2.45. The van der Waals surface area contributed by atoms with Crippen LogP contribution < -0.4 is 11.1 Å². The SMILES string of the molecule is NC1=NC2(c3cc(NC(=O)c4ccc(F)cn4)ccc3F)COCCC2CS1. The lowest BCUT2D eigenvalue weighted by Gasteiger charge is -2.43. The molecule has 0 bridgehead atoms. The van der Waals surface area contributed by atoms with Gasteiger partial charge in [-0.25, -0.2) is 18.8 Å². The molecule has 3 N–H and O–H groups in total. The Morgan fingerprint density at radius 3 is 2.96 bits per heavy atom. The summed E-state index contributed by atoms with van der Waals surface area (Å²) < 4.78 is 33.4. The lowest BCUT2D eigenvalue weighted by atomic mass is 9.76. The molecule has 146 valence electrons. The van der Waals surface area contributed by atoms with Gasteiger partial charge in [-0.1, -0.05) is 11.8 Å². The first-order valence-electron chi connectivity index (χ1n) is 8.77. The molecule has 0 saturated carbocycles. The Morgan fingerprint density at radius 2 is 2.18 bits per heavy atom. The zero-order valence-corrected chi connectivity index (χ0v) is 15.6. The summed E-state index contributed by atoms with van der Waals surface area (Å²) in [6.45, 7) is 0.823. The average Bonchev–Trinajstić information content (AvgIpc) is 2.69. The molecule has 9 heteroatoms. The third kappa shape index (κ3) is 3.47. The summed E-state index contributed by atoms with van der Waals surface area (Å²) in [5.41, 5.74) is 5.82. The Balaban J connectivity index is 1.68. The Labute approximate surface area is 164 Å². The lowest BCUT2D eigenvalue weighted by Crippen LogP contribution is -2.48. The fourth-order valence-corrected chi connectivity index (χ4v) is 4.61. The molecule has 1 amide bonds. The number of amidine groups is 1. The van der Waals surface area contributed by atoms with E-state index in [1.165, 1.54) is 30.0 Å². The molecule has 2 aliphatic heterocycles. The Kier molecular flexibility index (Phi) is 5.03. The minimum Gasteiger partial charge on any atom is -0.379 e. The average molecular weight is 404 g/mol. The van der Waals surface area contributed by atoms with Crippen molar-refractivity contribution in [2.75, 3.05) is 24.3 Å². The standard InChI is InChI=1S/C19H18F2N4O2S/c20-12-1-4-16(23-8-12)17(26)24-13-2-3-15(21)14(7-13)19-10-27-6-5-11(19)9-28-18(22)25-19/h1-4,7-8,11H,5-6,9-10H2,(H2,22,25)(H,24,26). The van der Waals surface area contributed by atoms with Gasteiger partial charge in [0.05, 0.1) is 12.8 Å². The molecule has 1 fully saturated rings. The topological polar surface area (TPSA) is 89.6 Å². The molecule has 3 heterocycles. The zero-order chi connectivity index (χ0) is 19.7. The van der Waals surface area contributed by atoms with Crippen molar-refractivity contribution in [2.24, 2.45) is 16.6 Å². The number of nitrogens with zero attached hydrogens (tertiary/aromatic N) is 2. The summed E-state index contributed by atoms with van der Waals surface area (Å²) >= 11 is 1.46. The molecule has 0 radical (unpaired) electrons. The van der Waals surface area contributed by atoms with Gasteiger partial charge in [0.25, 0.3) is 5.91 Å². The number of benzene rings is 1. The number of ether oxygens (including phenoxy) is 1. The van der Waals surface area contributed by atoms with Gasteiger partial charge in [0.2, 0.25) is 0 Å². The van der Waals surface area contributed by atoms with Gasteiger partial charge in [-0.2, -0.15) is 0 Å². The number of thioether (sulfide) groups is 1. The first kappa shape index (κ1) is 18.8. The number of pyridine rings is 1. The van der Waals surface area contributed by atoms with Crippen LogP contribution >= 0.6 is 11.8 Å². The molecule has 2 aromatic rings. The molecule has 1 aromatic heterocycles. The second-order valence-electron chi connectivity index (χ2n) is 6.73. The second-order valence-corrected chi connectivity index (χ2v) is 7.77. The fraction of sp³-hybridized carbons (Fsp3) is 0.316. The van der Waals surface area contributed by atoms with Gasteiger partial charge in [-0.15, -0.1) is 0 Å². The number of carbonyl (C=O) groups excluding carboxylic acids is 1. The van der Waals surface area contributed by atoms with E-state index in [2.05, 4.69) is 15.3 Å². The number of halogens is 2. The normalized spacial score (nSPS) is 24.2.